The first kappa shape index (κ1) is 12.5. The first-order chi connectivity index (χ1) is 7.77. The molecule has 1 aromatic carbocycles. The average molecular weight is 216 g/mol. The predicted octanol–water partition coefficient (Wildman–Crippen LogP) is 4.23. The van der Waals surface area contributed by atoms with Gasteiger partial charge in [-0.2, -0.15) is 5.10 Å². The number of aromatic amines is 1. The maximum atomic E-state index is 3.93. The zero-order valence-electron chi connectivity index (χ0n) is 10.5. The summed E-state index contributed by atoms with van der Waals surface area (Å²) in [5.74, 6) is 0.591. The van der Waals surface area contributed by atoms with E-state index >= 15 is 0 Å². The fraction of sp³-hybridized carbons (Fsp3) is 0.357. The van der Waals surface area contributed by atoms with Gasteiger partial charge >= 0.3 is 0 Å². The molecule has 0 saturated carbocycles. The summed E-state index contributed by atoms with van der Waals surface area (Å²) in [5, 5.41) is 6.75. The molecule has 0 unspecified atom stereocenters. The summed E-state index contributed by atoms with van der Waals surface area (Å²) in [6.45, 7) is 8.40. The molecule has 86 valence electrons. The minimum absolute atomic E-state index is 0.591. The van der Waals surface area contributed by atoms with Gasteiger partial charge in [-0.3, -0.25) is 5.10 Å². The van der Waals surface area contributed by atoms with Crippen LogP contribution in [0.1, 0.15) is 39.2 Å². The zero-order chi connectivity index (χ0) is 12.0. The lowest BCUT2D eigenvalue weighted by Crippen LogP contribution is -1.85. The van der Waals surface area contributed by atoms with Crippen molar-refractivity contribution in [2.75, 3.05) is 0 Å². The van der Waals surface area contributed by atoms with Crippen LogP contribution in [0.25, 0.3) is 11.1 Å². The maximum Gasteiger partial charge on any atom is 0.0565 e. The first-order valence-corrected chi connectivity index (χ1v) is 5.86. The van der Waals surface area contributed by atoms with Crippen LogP contribution in [0.4, 0.5) is 0 Å². The van der Waals surface area contributed by atoms with E-state index < -0.39 is 0 Å². The van der Waals surface area contributed by atoms with Gasteiger partial charge in [-0.05, 0) is 17.0 Å². The lowest BCUT2D eigenvalue weighted by Gasteiger charge is -2.05. The summed E-state index contributed by atoms with van der Waals surface area (Å²) in [4.78, 5) is 0. The highest BCUT2D eigenvalue weighted by atomic mass is 15.1. The Morgan fingerprint density at radius 3 is 2.06 bits per heavy atom. The summed E-state index contributed by atoms with van der Waals surface area (Å²) in [7, 11) is 0. The molecule has 0 amide bonds. The van der Waals surface area contributed by atoms with Crippen molar-refractivity contribution in [3.05, 3.63) is 42.2 Å². The number of nitrogens with one attached hydrogen (secondary N) is 1. The molecule has 0 bridgehead atoms. The maximum absolute atomic E-state index is 3.93. The van der Waals surface area contributed by atoms with Gasteiger partial charge in [0.2, 0.25) is 0 Å². The molecule has 1 aromatic heterocycles. The molecule has 2 nitrogen and oxygen atoms in total. The highest BCUT2D eigenvalue weighted by molar-refractivity contribution is 5.61. The van der Waals surface area contributed by atoms with E-state index in [1.165, 1.54) is 11.1 Å². The van der Waals surface area contributed by atoms with Crippen LogP contribution < -0.4 is 0 Å². The number of aromatic nitrogens is 2. The SMILES string of the molecule is CC.CC(C)c1ccc(-c2cn[nH]c2)cc1. The lowest BCUT2D eigenvalue weighted by molar-refractivity contribution is 0.867. The Labute approximate surface area is 97.7 Å². The van der Waals surface area contributed by atoms with E-state index in [-0.39, 0.29) is 0 Å². The van der Waals surface area contributed by atoms with E-state index in [9.17, 15) is 0 Å². The number of rotatable bonds is 2. The molecule has 1 heterocycles. The smallest absolute Gasteiger partial charge is 0.0565 e. The molecule has 2 rings (SSSR count). The third-order valence-electron chi connectivity index (χ3n) is 2.41. The first-order valence-electron chi connectivity index (χ1n) is 5.86. The number of hydrogen-bond donors (Lipinski definition) is 1. The molecule has 16 heavy (non-hydrogen) atoms. The fourth-order valence-electron chi connectivity index (χ4n) is 1.47. The molecular weight excluding hydrogens is 196 g/mol. The van der Waals surface area contributed by atoms with Gasteiger partial charge in [0.25, 0.3) is 0 Å². The van der Waals surface area contributed by atoms with Crippen LogP contribution in [0.15, 0.2) is 36.7 Å². The van der Waals surface area contributed by atoms with Crippen LogP contribution in [0, 0.1) is 0 Å². The normalized spacial score (nSPS) is 9.81. The quantitative estimate of drug-likeness (QED) is 0.799. The third-order valence-corrected chi connectivity index (χ3v) is 2.41. The fourth-order valence-corrected chi connectivity index (χ4v) is 1.47. The minimum Gasteiger partial charge on any atom is -0.285 e. The third kappa shape index (κ3) is 2.96. The minimum atomic E-state index is 0.591. The van der Waals surface area contributed by atoms with Crippen LogP contribution >= 0.6 is 0 Å². The Bertz CT molecular complexity index is 385. The molecule has 1 N–H and O–H groups in total. The molecule has 0 spiro atoms. The van der Waals surface area contributed by atoms with Gasteiger partial charge < -0.3 is 0 Å². The number of benzene rings is 1. The van der Waals surface area contributed by atoms with Gasteiger partial charge in [-0.1, -0.05) is 52.0 Å². The number of nitrogens with zero attached hydrogens (tertiary/aromatic N) is 1. The highest BCUT2D eigenvalue weighted by Gasteiger charge is 2.00. The largest absolute Gasteiger partial charge is 0.285 e. The van der Waals surface area contributed by atoms with Gasteiger partial charge in [0.05, 0.1) is 6.20 Å². The second kappa shape index (κ2) is 6.11. The Balaban J connectivity index is 0.000000606. The molecule has 0 fully saturated rings. The van der Waals surface area contributed by atoms with Crippen molar-refractivity contribution in [3.8, 4) is 11.1 Å². The molecule has 2 heteroatoms. The van der Waals surface area contributed by atoms with E-state index in [2.05, 4.69) is 48.3 Å². The van der Waals surface area contributed by atoms with Crippen LogP contribution in [0.2, 0.25) is 0 Å². The Hall–Kier alpha value is -1.57. The highest BCUT2D eigenvalue weighted by Crippen LogP contribution is 2.21. The van der Waals surface area contributed by atoms with Gasteiger partial charge in [0.1, 0.15) is 0 Å². The van der Waals surface area contributed by atoms with Crippen molar-refractivity contribution in [1.82, 2.24) is 10.2 Å². The molecular formula is C14H20N2. The second-order valence-corrected chi connectivity index (χ2v) is 3.76. The monoisotopic (exact) mass is 216 g/mol. The number of H-pyrrole nitrogens is 1. The van der Waals surface area contributed by atoms with Crippen LogP contribution in [-0.4, -0.2) is 10.2 Å². The van der Waals surface area contributed by atoms with Crippen molar-refractivity contribution in [2.24, 2.45) is 0 Å². The molecule has 0 saturated heterocycles. The van der Waals surface area contributed by atoms with Crippen LogP contribution in [-0.2, 0) is 0 Å². The zero-order valence-corrected chi connectivity index (χ0v) is 10.5. The van der Waals surface area contributed by atoms with Gasteiger partial charge in [0, 0.05) is 11.8 Å². The summed E-state index contributed by atoms with van der Waals surface area (Å²) < 4.78 is 0. The van der Waals surface area contributed by atoms with E-state index in [1.807, 2.05) is 26.2 Å². The van der Waals surface area contributed by atoms with Gasteiger partial charge in [0.15, 0.2) is 0 Å². The van der Waals surface area contributed by atoms with E-state index in [4.69, 9.17) is 0 Å². The van der Waals surface area contributed by atoms with E-state index in [0.717, 1.165) is 5.56 Å². The van der Waals surface area contributed by atoms with Crippen molar-refractivity contribution in [1.29, 1.82) is 0 Å². The van der Waals surface area contributed by atoms with Gasteiger partial charge in [-0.25, -0.2) is 0 Å². The van der Waals surface area contributed by atoms with Crippen molar-refractivity contribution >= 4 is 0 Å². The molecule has 0 aliphatic rings. The van der Waals surface area contributed by atoms with Gasteiger partial charge in [-0.15, -0.1) is 0 Å². The van der Waals surface area contributed by atoms with Crippen LogP contribution in [0.5, 0.6) is 0 Å². The second-order valence-electron chi connectivity index (χ2n) is 3.76. The van der Waals surface area contributed by atoms with Crippen molar-refractivity contribution < 1.29 is 0 Å². The summed E-state index contributed by atoms with van der Waals surface area (Å²) in [5.41, 5.74) is 3.72. The summed E-state index contributed by atoms with van der Waals surface area (Å²) >= 11 is 0. The Morgan fingerprint density at radius 2 is 1.62 bits per heavy atom. The van der Waals surface area contributed by atoms with E-state index in [1.54, 1.807) is 0 Å². The Morgan fingerprint density at radius 1 is 1.00 bits per heavy atom. The van der Waals surface area contributed by atoms with Crippen LogP contribution in [0.3, 0.4) is 0 Å². The Kier molecular flexibility index (Phi) is 4.77. The molecule has 0 atom stereocenters. The van der Waals surface area contributed by atoms with Crippen molar-refractivity contribution in [3.63, 3.8) is 0 Å². The lowest BCUT2D eigenvalue weighted by atomic mass is 10.0. The van der Waals surface area contributed by atoms with E-state index in [0.29, 0.717) is 5.92 Å². The molecule has 2 aromatic rings. The topological polar surface area (TPSA) is 28.7 Å². The van der Waals surface area contributed by atoms with Crippen molar-refractivity contribution in [2.45, 2.75) is 33.6 Å². The molecule has 0 aliphatic heterocycles. The summed E-state index contributed by atoms with van der Waals surface area (Å²) in [6, 6.07) is 8.63. The predicted molar refractivity (Wildman–Crippen MR) is 69.5 cm³/mol. The summed E-state index contributed by atoms with van der Waals surface area (Å²) in [6.07, 6.45) is 3.74. The molecule has 0 aliphatic carbocycles. The standard InChI is InChI=1S/C12H14N2.C2H6/c1-9(2)10-3-5-11(6-4-10)12-7-13-14-8-12;1-2/h3-9H,1-2H3,(H,13,14);1-2H3. The molecule has 0 radical (unpaired) electrons. The number of hydrogen-bond acceptors (Lipinski definition) is 1. The average Bonchev–Trinajstić information content (AvgIpc) is 2.85.